The average molecular weight is 492 g/mol. The minimum Gasteiger partial charge on any atom is -0.494 e. The maximum atomic E-state index is 13.1. The third-order valence-corrected chi connectivity index (χ3v) is 7.90. The molecule has 3 aromatic carbocycles. The van der Waals surface area contributed by atoms with E-state index < -0.39 is 14.9 Å². The molecule has 2 aliphatic rings. The number of ether oxygens (including phenoxy) is 1. The van der Waals surface area contributed by atoms with Crippen molar-refractivity contribution in [1.82, 2.24) is 0 Å². The SMILES string of the molecule is CCOc1ccc(NS(=O)(=O)c2ccc3c(c2)[C@H]2C=CC[C@H]2[C@@H](c2ccc([N+](=O)[O-])cc2)N3)cc1. The zero-order valence-corrected chi connectivity index (χ0v) is 19.9. The number of nitro groups is 1. The van der Waals surface area contributed by atoms with Gasteiger partial charge in [0.1, 0.15) is 5.75 Å². The summed E-state index contributed by atoms with van der Waals surface area (Å²) in [7, 11) is -3.79. The molecule has 180 valence electrons. The molecule has 35 heavy (non-hydrogen) atoms. The molecule has 1 aliphatic heterocycles. The first-order valence-electron chi connectivity index (χ1n) is 11.4. The van der Waals surface area contributed by atoms with Gasteiger partial charge in [-0.05, 0) is 72.9 Å². The van der Waals surface area contributed by atoms with Crippen molar-refractivity contribution >= 4 is 27.1 Å². The van der Waals surface area contributed by atoms with Crippen molar-refractivity contribution in [2.24, 2.45) is 5.92 Å². The minimum atomic E-state index is -3.79. The zero-order chi connectivity index (χ0) is 24.6. The molecule has 1 heterocycles. The van der Waals surface area contributed by atoms with Gasteiger partial charge >= 0.3 is 0 Å². The van der Waals surface area contributed by atoms with Gasteiger partial charge in [0.2, 0.25) is 0 Å². The number of nitrogens with zero attached hydrogens (tertiary/aromatic N) is 1. The smallest absolute Gasteiger partial charge is 0.269 e. The zero-order valence-electron chi connectivity index (χ0n) is 19.0. The van der Waals surface area contributed by atoms with Crippen LogP contribution >= 0.6 is 0 Å². The number of allylic oxidation sites excluding steroid dienone is 2. The fourth-order valence-corrected chi connectivity index (χ4v) is 5.97. The predicted molar refractivity (Wildman–Crippen MR) is 134 cm³/mol. The second-order valence-corrected chi connectivity index (χ2v) is 10.3. The highest BCUT2D eigenvalue weighted by Gasteiger charge is 2.38. The number of rotatable bonds is 7. The van der Waals surface area contributed by atoms with Crippen molar-refractivity contribution in [1.29, 1.82) is 0 Å². The van der Waals surface area contributed by atoms with E-state index in [1.54, 1.807) is 54.6 Å². The van der Waals surface area contributed by atoms with Crippen LogP contribution in [0.25, 0.3) is 0 Å². The van der Waals surface area contributed by atoms with Crippen molar-refractivity contribution in [3.05, 3.63) is 100 Å². The Labute approximate surface area is 203 Å². The van der Waals surface area contributed by atoms with Crippen LogP contribution in [0.1, 0.15) is 36.4 Å². The fourth-order valence-electron chi connectivity index (χ4n) is 4.87. The van der Waals surface area contributed by atoms with Gasteiger partial charge in [0.15, 0.2) is 0 Å². The highest BCUT2D eigenvalue weighted by Crippen LogP contribution is 2.50. The normalized spacial score (nSPS) is 20.4. The Morgan fingerprint density at radius 2 is 1.83 bits per heavy atom. The number of hydrogen-bond acceptors (Lipinski definition) is 6. The Bertz CT molecular complexity index is 1390. The molecule has 5 rings (SSSR count). The van der Waals surface area contributed by atoms with Crippen LogP contribution in [0.3, 0.4) is 0 Å². The van der Waals surface area contributed by atoms with Gasteiger partial charge in [-0.15, -0.1) is 0 Å². The molecule has 0 saturated carbocycles. The number of hydrogen-bond donors (Lipinski definition) is 2. The lowest BCUT2D eigenvalue weighted by molar-refractivity contribution is -0.384. The van der Waals surface area contributed by atoms with Gasteiger partial charge < -0.3 is 10.1 Å². The molecule has 0 saturated heterocycles. The number of benzene rings is 3. The standard InChI is InChI=1S/C26H25N3O5S/c1-2-34-20-12-8-18(9-13-20)28-35(32,33)21-14-15-25-24(16-21)22-4-3-5-23(22)26(27-25)17-6-10-19(11-7-17)29(30)31/h3-4,6-16,22-23,26-28H,2,5H2,1H3/t22-,23+,26+/m0/s1. The number of anilines is 2. The Kier molecular flexibility index (Phi) is 5.94. The number of nitrogens with one attached hydrogen (secondary N) is 2. The summed E-state index contributed by atoms with van der Waals surface area (Å²) < 4.78 is 34.3. The van der Waals surface area contributed by atoms with Crippen LogP contribution in [0.15, 0.2) is 83.8 Å². The monoisotopic (exact) mass is 491 g/mol. The van der Waals surface area contributed by atoms with E-state index in [1.165, 1.54) is 12.1 Å². The van der Waals surface area contributed by atoms with Crippen molar-refractivity contribution < 1.29 is 18.1 Å². The van der Waals surface area contributed by atoms with E-state index in [9.17, 15) is 18.5 Å². The number of fused-ring (bicyclic) bond motifs is 3. The summed E-state index contributed by atoms with van der Waals surface area (Å²) in [6.45, 7) is 2.43. The highest BCUT2D eigenvalue weighted by molar-refractivity contribution is 7.92. The molecule has 0 spiro atoms. The number of sulfonamides is 1. The Hall–Kier alpha value is -3.85. The van der Waals surface area contributed by atoms with E-state index in [2.05, 4.69) is 22.2 Å². The maximum absolute atomic E-state index is 13.1. The van der Waals surface area contributed by atoms with Crippen LogP contribution in [0.5, 0.6) is 5.75 Å². The highest BCUT2D eigenvalue weighted by atomic mass is 32.2. The summed E-state index contributed by atoms with van der Waals surface area (Å²) in [5, 5.41) is 14.6. The first-order chi connectivity index (χ1) is 16.9. The first kappa shape index (κ1) is 22.9. The summed E-state index contributed by atoms with van der Waals surface area (Å²) in [6, 6.07) is 18.5. The van der Waals surface area contributed by atoms with Gasteiger partial charge in [-0.2, -0.15) is 0 Å². The maximum Gasteiger partial charge on any atom is 0.269 e. The van der Waals surface area contributed by atoms with Gasteiger partial charge in [-0.1, -0.05) is 24.3 Å². The third-order valence-electron chi connectivity index (χ3n) is 6.53. The molecule has 1 aliphatic carbocycles. The molecule has 0 amide bonds. The van der Waals surface area contributed by atoms with Crippen molar-refractivity contribution in [2.75, 3.05) is 16.6 Å². The first-order valence-corrected chi connectivity index (χ1v) is 12.9. The van der Waals surface area contributed by atoms with Crippen molar-refractivity contribution in [2.45, 2.75) is 30.2 Å². The van der Waals surface area contributed by atoms with E-state index in [-0.39, 0.29) is 28.5 Å². The van der Waals surface area contributed by atoms with E-state index >= 15 is 0 Å². The molecule has 3 atom stereocenters. The molecule has 9 heteroatoms. The van der Waals surface area contributed by atoms with Crippen LogP contribution < -0.4 is 14.8 Å². The summed E-state index contributed by atoms with van der Waals surface area (Å²) in [6.07, 6.45) is 5.07. The van der Waals surface area contributed by atoms with E-state index in [0.29, 0.717) is 18.0 Å². The molecule has 2 N–H and O–H groups in total. The molecule has 0 radical (unpaired) electrons. The van der Waals surface area contributed by atoms with E-state index in [1.807, 2.05) is 6.92 Å². The number of nitro benzene ring substituents is 1. The Morgan fingerprint density at radius 3 is 2.51 bits per heavy atom. The van der Waals surface area contributed by atoms with Crippen LogP contribution in [0, 0.1) is 16.0 Å². The average Bonchev–Trinajstić information content (AvgIpc) is 3.35. The van der Waals surface area contributed by atoms with E-state index in [0.717, 1.165) is 23.2 Å². The minimum absolute atomic E-state index is 0.0345. The van der Waals surface area contributed by atoms with Gasteiger partial charge in [0, 0.05) is 29.4 Å². The van der Waals surface area contributed by atoms with E-state index in [4.69, 9.17) is 4.74 Å². The van der Waals surface area contributed by atoms with Crippen LogP contribution in [-0.4, -0.2) is 19.9 Å². The predicted octanol–water partition coefficient (Wildman–Crippen LogP) is 5.62. The quantitative estimate of drug-likeness (QED) is 0.252. The Morgan fingerprint density at radius 1 is 1.09 bits per heavy atom. The van der Waals surface area contributed by atoms with Gasteiger partial charge in [-0.25, -0.2) is 8.42 Å². The van der Waals surface area contributed by atoms with Gasteiger partial charge in [0.25, 0.3) is 15.7 Å². The lowest BCUT2D eigenvalue weighted by Gasteiger charge is -2.37. The van der Waals surface area contributed by atoms with Crippen LogP contribution in [0.4, 0.5) is 17.1 Å². The largest absolute Gasteiger partial charge is 0.494 e. The number of non-ortho nitro benzene ring substituents is 1. The Balaban J connectivity index is 1.42. The topological polar surface area (TPSA) is 111 Å². The molecule has 0 aromatic heterocycles. The van der Waals surface area contributed by atoms with Crippen molar-refractivity contribution in [3.63, 3.8) is 0 Å². The third kappa shape index (κ3) is 4.46. The van der Waals surface area contributed by atoms with Crippen LogP contribution in [0.2, 0.25) is 0 Å². The van der Waals surface area contributed by atoms with Gasteiger partial charge in [-0.3, -0.25) is 14.8 Å². The molecule has 8 nitrogen and oxygen atoms in total. The summed E-state index contributed by atoms with van der Waals surface area (Å²) >= 11 is 0. The summed E-state index contributed by atoms with van der Waals surface area (Å²) in [4.78, 5) is 10.8. The fraction of sp³-hybridized carbons (Fsp3) is 0.231. The second kappa shape index (κ2) is 9.07. The lowest BCUT2D eigenvalue weighted by Crippen LogP contribution is -2.29. The molecular weight excluding hydrogens is 466 g/mol. The molecule has 0 bridgehead atoms. The molecular formula is C26H25N3O5S. The molecule has 0 unspecified atom stereocenters. The van der Waals surface area contributed by atoms with Gasteiger partial charge in [0.05, 0.1) is 22.5 Å². The molecule has 0 fully saturated rings. The lowest BCUT2D eigenvalue weighted by atomic mass is 9.77. The second-order valence-electron chi connectivity index (χ2n) is 8.64. The summed E-state index contributed by atoms with van der Waals surface area (Å²) in [5.41, 5.74) is 3.27. The van der Waals surface area contributed by atoms with Crippen LogP contribution in [-0.2, 0) is 10.0 Å². The summed E-state index contributed by atoms with van der Waals surface area (Å²) in [5.74, 6) is 0.907. The van der Waals surface area contributed by atoms with Crippen molar-refractivity contribution in [3.8, 4) is 5.75 Å². The molecule has 3 aromatic rings.